The molecule has 0 N–H and O–H groups in total. The van der Waals surface area contributed by atoms with Gasteiger partial charge in [0.1, 0.15) is 6.29 Å². The van der Waals surface area contributed by atoms with E-state index in [0.29, 0.717) is 25.3 Å². The van der Waals surface area contributed by atoms with E-state index in [1.165, 1.54) is 24.3 Å². The Bertz CT molecular complexity index is 238. The van der Waals surface area contributed by atoms with Crippen LogP contribution in [0.2, 0.25) is 0 Å². The first-order valence-electron chi connectivity index (χ1n) is 5.22. The maximum absolute atomic E-state index is 11.4. The molecule has 0 radical (unpaired) electrons. The molecule has 2 rings (SSSR count). The van der Waals surface area contributed by atoms with E-state index in [4.69, 9.17) is 4.84 Å². The summed E-state index contributed by atoms with van der Waals surface area (Å²) in [5, 5.41) is 1.36. The fraction of sp³-hybridized carbons (Fsp3) is 0.800. The SMILES string of the molecule is O=CCCN1OC(C2CCC2)CC1=O. The molecule has 0 spiro atoms. The molecule has 2 fully saturated rings. The van der Waals surface area contributed by atoms with Crippen LogP contribution in [0.3, 0.4) is 0 Å². The zero-order valence-corrected chi connectivity index (χ0v) is 8.15. The second kappa shape index (κ2) is 4.09. The molecule has 2 aliphatic rings. The molecule has 1 saturated carbocycles. The van der Waals surface area contributed by atoms with Gasteiger partial charge in [-0.2, -0.15) is 0 Å². The van der Waals surface area contributed by atoms with Crippen molar-refractivity contribution in [1.82, 2.24) is 5.06 Å². The van der Waals surface area contributed by atoms with Gasteiger partial charge in [0.15, 0.2) is 0 Å². The highest BCUT2D eigenvalue weighted by molar-refractivity contribution is 5.77. The van der Waals surface area contributed by atoms with Crippen LogP contribution in [0.25, 0.3) is 0 Å². The Balaban J connectivity index is 1.83. The first-order chi connectivity index (χ1) is 6.81. The maximum Gasteiger partial charge on any atom is 0.248 e. The standard InChI is InChI=1S/C10H15NO3/c12-6-2-5-11-10(13)7-9(14-11)8-3-1-4-8/h6,8-9H,1-5,7H2. The lowest BCUT2D eigenvalue weighted by molar-refractivity contribution is -0.182. The second-order valence-corrected chi connectivity index (χ2v) is 3.99. The van der Waals surface area contributed by atoms with E-state index in [1.54, 1.807) is 0 Å². The number of carbonyl (C=O) groups is 2. The highest BCUT2D eigenvalue weighted by atomic mass is 16.7. The maximum atomic E-state index is 11.4. The van der Waals surface area contributed by atoms with Crippen LogP contribution in [0.1, 0.15) is 32.1 Å². The highest BCUT2D eigenvalue weighted by Crippen LogP contribution is 2.35. The fourth-order valence-corrected chi connectivity index (χ4v) is 1.95. The third kappa shape index (κ3) is 1.80. The quantitative estimate of drug-likeness (QED) is 0.629. The summed E-state index contributed by atoms with van der Waals surface area (Å²) >= 11 is 0. The molecule has 1 aliphatic carbocycles. The third-order valence-electron chi connectivity index (χ3n) is 3.04. The minimum atomic E-state index is 0.0313. The van der Waals surface area contributed by atoms with Crippen molar-refractivity contribution in [3.63, 3.8) is 0 Å². The summed E-state index contributed by atoms with van der Waals surface area (Å²) in [4.78, 5) is 27.1. The molecule has 1 aliphatic heterocycles. The van der Waals surface area contributed by atoms with Crippen molar-refractivity contribution < 1.29 is 14.4 Å². The molecule has 1 unspecified atom stereocenters. The van der Waals surface area contributed by atoms with Gasteiger partial charge in [-0.15, -0.1) is 0 Å². The minimum Gasteiger partial charge on any atom is -0.303 e. The first kappa shape index (κ1) is 9.65. The monoisotopic (exact) mass is 197 g/mol. The van der Waals surface area contributed by atoms with Gasteiger partial charge in [0.25, 0.3) is 0 Å². The highest BCUT2D eigenvalue weighted by Gasteiger charge is 2.38. The van der Waals surface area contributed by atoms with Gasteiger partial charge in [-0.3, -0.25) is 9.63 Å². The van der Waals surface area contributed by atoms with Gasteiger partial charge in [-0.25, -0.2) is 5.06 Å². The molecule has 1 amide bonds. The molecular weight excluding hydrogens is 182 g/mol. The van der Waals surface area contributed by atoms with Gasteiger partial charge < -0.3 is 4.79 Å². The van der Waals surface area contributed by atoms with E-state index in [9.17, 15) is 9.59 Å². The summed E-state index contributed by atoms with van der Waals surface area (Å²) in [6, 6.07) is 0. The molecule has 0 aromatic carbocycles. The molecule has 78 valence electrons. The lowest BCUT2D eigenvalue weighted by Crippen LogP contribution is -2.29. The predicted molar refractivity (Wildman–Crippen MR) is 49.2 cm³/mol. The van der Waals surface area contributed by atoms with Crippen molar-refractivity contribution in [2.24, 2.45) is 5.92 Å². The lowest BCUT2D eigenvalue weighted by Gasteiger charge is -2.29. The van der Waals surface area contributed by atoms with E-state index < -0.39 is 0 Å². The van der Waals surface area contributed by atoms with E-state index in [2.05, 4.69) is 0 Å². The minimum absolute atomic E-state index is 0.0313. The molecule has 1 heterocycles. The number of nitrogens with zero attached hydrogens (tertiary/aromatic N) is 1. The third-order valence-corrected chi connectivity index (χ3v) is 3.04. The Morgan fingerprint density at radius 2 is 2.29 bits per heavy atom. The molecule has 14 heavy (non-hydrogen) atoms. The van der Waals surface area contributed by atoms with Gasteiger partial charge >= 0.3 is 0 Å². The molecule has 0 aromatic heterocycles. The average molecular weight is 197 g/mol. The van der Waals surface area contributed by atoms with E-state index in [1.807, 2.05) is 0 Å². The topological polar surface area (TPSA) is 46.6 Å². The number of rotatable bonds is 4. The van der Waals surface area contributed by atoms with Gasteiger partial charge in [-0.1, -0.05) is 6.42 Å². The summed E-state index contributed by atoms with van der Waals surface area (Å²) in [6.07, 6.45) is 5.38. The average Bonchev–Trinajstić information content (AvgIpc) is 2.40. The Morgan fingerprint density at radius 1 is 1.50 bits per heavy atom. The van der Waals surface area contributed by atoms with Crippen LogP contribution >= 0.6 is 0 Å². The van der Waals surface area contributed by atoms with Crippen LogP contribution in [0.4, 0.5) is 0 Å². The zero-order chi connectivity index (χ0) is 9.97. The number of carbonyl (C=O) groups excluding carboxylic acids is 2. The van der Waals surface area contributed by atoms with Crippen LogP contribution in [0.15, 0.2) is 0 Å². The van der Waals surface area contributed by atoms with Crippen LogP contribution in [0, 0.1) is 5.92 Å². The Labute approximate surface area is 83.2 Å². The zero-order valence-electron chi connectivity index (χ0n) is 8.15. The van der Waals surface area contributed by atoms with Crippen LogP contribution in [0.5, 0.6) is 0 Å². The molecule has 1 atom stereocenters. The normalized spacial score (nSPS) is 27.9. The lowest BCUT2D eigenvalue weighted by atomic mass is 9.80. The fourth-order valence-electron chi connectivity index (χ4n) is 1.95. The van der Waals surface area contributed by atoms with Crippen LogP contribution in [-0.2, 0) is 14.4 Å². The van der Waals surface area contributed by atoms with Crippen LogP contribution in [-0.4, -0.2) is 29.9 Å². The number of hydrogen-bond acceptors (Lipinski definition) is 3. The number of hydroxylamine groups is 2. The van der Waals surface area contributed by atoms with Crippen molar-refractivity contribution in [2.75, 3.05) is 6.54 Å². The van der Waals surface area contributed by atoms with E-state index in [-0.39, 0.29) is 12.0 Å². The number of hydrogen-bond donors (Lipinski definition) is 0. The van der Waals surface area contributed by atoms with Gasteiger partial charge in [0.2, 0.25) is 5.91 Å². The van der Waals surface area contributed by atoms with Gasteiger partial charge in [0, 0.05) is 6.42 Å². The summed E-state index contributed by atoms with van der Waals surface area (Å²) in [5.74, 6) is 0.601. The number of amides is 1. The Hall–Kier alpha value is -0.900. The Kier molecular flexibility index (Phi) is 2.82. The van der Waals surface area contributed by atoms with Crippen molar-refractivity contribution in [3.8, 4) is 0 Å². The molecule has 0 aromatic rings. The van der Waals surface area contributed by atoms with E-state index in [0.717, 1.165) is 6.29 Å². The molecule has 4 heteroatoms. The van der Waals surface area contributed by atoms with Crippen molar-refractivity contribution >= 4 is 12.2 Å². The summed E-state index contributed by atoms with van der Waals surface area (Å²) in [6.45, 7) is 0.408. The smallest absolute Gasteiger partial charge is 0.248 e. The van der Waals surface area contributed by atoms with Gasteiger partial charge in [-0.05, 0) is 18.8 Å². The first-order valence-corrected chi connectivity index (χ1v) is 5.22. The summed E-state index contributed by atoms with van der Waals surface area (Å²) in [7, 11) is 0. The Morgan fingerprint density at radius 3 is 2.86 bits per heavy atom. The molecule has 4 nitrogen and oxygen atoms in total. The summed E-state index contributed by atoms with van der Waals surface area (Å²) < 4.78 is 0. The van der Waals surface area contributed by atoms with E-state index >= 15 is 0 Å². The van der Waals surface area contributed by atoms with Crippen molar-refractivity contribution in [1.29, 1.82) is 0 Å². The van der Waals surface area contributed by atoms with Crippen LogP contribution < -0.4 is 0 Å². The predicted octanol–water partition coefficient (Wildman–Crippen LogP) is 0.908. The summed E-state index contributed by atoms with van der Waals surface area (Å²) in [5.41, 5.74) is 0. The molecule has 1 saturated heterocycles. The number of aldehydes is 1. The van der Waals surface area contributed by atoms with Crippen molar-refractivity contribution in [3.05, 3.63) is 0 Å². The van der Waals surface area contributed by atoms with Gasteiger partial charge in [0.05, 0.1) is 19.1 Å². The molecule has 0 bridgehead atoms. The molecular formula is C10H15NO3. The second-order valence-electron chi connectivity index (χ2n) is 3.99. The largest absolute Gasteiger partial charge is 0.303 e. The van der Waals surface area contributed by atoms with Crippen molar-refractivity contribution in [2.45, 2.75) is 38.2 Å².